The van der Waals surface area contributed by atoms with Gasteiger partial charge in [-0.3, -0.25) is 5.48 Å². The molecule has 1 atom stereocenters. The van der Waals surface area contributed by atoms with Crippen LogP contribution in [0.1, 0.15) is 20.3 Å². The van der Waals surface area contributed by atoms with Gasteiger partial charge in [-0.25, -0.2) is 9.83 Å². The minimum Gasteiger partial charge on any atom is -0.251 e. The normalized spacial score (nSPS) is 27.2. The molecular formula is C5H10N2O. The van der Waals surface area contributed by atoms with E-state index in [4.69, 9.17) is 4.84 Å². The van der Waals surface area contributed by atoms with Crippen LogP contribution < -0.4 is 5.48 Å². The quantitative estimate of drug-likeness (QED) is 0.543. The molecule has 3 heteroatoms. The molecule has 0 saturated carbocycles. The molecule has 0 fully saturated rings. The number of amidine groups is 1. The molecule has 1 rings (SSSR count). The molecule has 8 heavy (non-hydrogen) atoms. The number of hydroxylamine groups is 1. The molecule has 0 aromatic rings. The van der Waals surface area contributed by atoms with Crippen LogP contribution in [-0.2, 0) is 4.84 Å². The molecule has 0 aromatic carbocycles. The second kappa shape index (κ2) is 2.13. The van der Waals surface area contributed by atoms with Crippen molar-refractivity contribution in [1.82, 2.24) is 5.48 Å². The van der Waals surface area contributed by atoms with Crippen molar-refractivity contribution in [2.75, 3.05) is 0 Å². The van der Waals surface area contributed by atoms with Gasteiger partial charge >= 0.3 is 0 Å². The molecule has 1 N–H and O–H groups in total. The van der Waals surface area contributed by atoms with Crippen LogP contribution in [0.4, 0.5) is 0 Å². The first-order valence-corrected chi connectivity index (χ1v) is 2.79. The van der Waals surface area contributed by atoms with E-state index in [1.54, 1.807) is 0 Å². The Labute approximate surface area is 48.7 Å². The van der Waals surface area contributed by atoms with Gasteiger partial charge in [0.05, 0.1) is 0 Å². The van der Waals surface area contributed by atoms with E-state index >= 15 is 0 Å². The van der Waals surface area contributed by atoms with Crippen molar-refractivity contribution in [3.8, 4) is 0 Å². The van der Waals surface area contributed by atoms with Crippen molar-refractivity contribution < 1.29 is 4.84 Å². The van der Waals surface area contributed by atoms with Crippen molar-refractivity contribution in [1.29, 1.82) is 0 Å². The third-order valence-electron chi connectivity index (χ3n) is 1.03. The first-order chi connectivity index (χ1) is 3.83. The molecule has 46 valence electrons. The van der Waals surface area contributed by atoms with E-state index < -0.39 is 0 Å². The van der Waals surface area contributed by atoms with Gasteiger partial charge in [0.1, 0.15) is 5.84 Å². The zero-order valence-corrected chi connectivity index (χ0v) is 5.14. The average molecular weight is 114 g/mol. The summed E-state index contributed by atoms with van der Waals surface area (Å²) in [6.45, 7) is 3.92. The molecule has 1 unspecified atom stereocenters. The molecule has 1 aliphatic rings. The minimum absolute atomic E-state index is 0.0509. The molecule has 0 aromatic heterocycles. The zero-order valence-electron chi connectivity index (χ0n) is 5.14. The summed E-state index contributed by atoms with van der Waals surface area (Å²) >= 11 is 0. The summed E-state index contributed by atoms with van der Waals surface area (Å²) in [5.41, 5.74) is 2.67. The first-order valence-electron chi connectivity index (χ1n) is 2.79. The van der Waals surface area contributed by atoms with Crippen molar-refractivity contribution in [2.24, 2.45) is 4.99 Å². The number of nitrogens with zero attached hydrogens (tertiary/aromatic N) is 1. The van der Waals surface area contributed by atoms with Gasteiger partial charge in [0, 0.05) is 0 Å². The SMILES string of the molecule is CCC1N=C(C)NO1. The highest BCUT2D eigenvalue weighted by atomic mass is 16.7. The summed E-state index contributed by atoms with van der Waals surface area (Å²) in [6, 6.07) is 0. The van der Waals surface area contributed by atoms with E-state index in [1.165, 1.54) is 0 Å². The maximum Gasteiger partial charge on any atom is 0.176 e. The number of hydrogen-bond acceptors (Lipinski definition) is 3. The summed E-state index contributed by atoms with van der Waals surface area (Å²) in [5, 5.41) is 0. The average Bonchev–Trinajstić information content (AvgIpc) is 2.14. The molecule has 0 radical (unpaired) electrons. The van der Waals surface area contributed by atoms with Gasteiger partial charge in [0.2, 0.25) is 0 Å². The highest BCUT2D eigenvalue weighted by molar-refractivity contribution is 5.79. The molecule has 1 heterocycles. The summed E-state index contributed by atoms with van der Waals surface area (Å²) in [5.74, 6) is 0.872. The summed E-state index contributed by atoms with van der Waals surface area (Å²) in [4.78, 5) is 9.05. The molecule has 0 saturated heterocycles. The van der Waals surface area contributed by atoms with E-state index in [9.17, 15) is 0 Å². The minimum atomic E-state index is 0.0509. The molecule has 0 amide bonds. The Morgan fingerprint density at radius 1 is 1.88 bits per heavy atom. The van der Waals surface area contributed by atoms with Gasteiger partial charge < -0.3 is 0 Å². The standard InChI is InChI=1S/C5H10N2O/c1-3-5-6-4(2)7-8-5/h5H,3H2,1-2H3,(H,6,7). The summed E-state index contributed by atoms with van der Waals surface area (Å²) in [7, 11) is 0. The lowest BCUT2D eigenvalue weighted by atomic mass is 10.4. The van der Waals surface area contributed by atoms with Gasteiger partial charge in [-0.15, -0.1) is 0 Å². The van der Waals surface area contributed by atoms with Crippen LogP contribution in [0.3, 0.4) is 0 Å². The van der Waals surface area contributed by atoms with Crippen molar-refractivity contribution in [3.05, 3.63) is 0 Å². The Morgan fingerprint density at radius 2 is 2.62 bits per heavy atom. The van der Waals surface area contributed by atoms with E-state index in [0.717, 1.165) is 12.3 Å². The highest BCUT2D eigenvalue weighted by Gasteiger charge is 2.10. The third kappa shape index (κ3) is 0.980. The summed E-state index contributed by atoms with van der Waals surface area (Å²) < 4.78 is 0. The lowest BCUT2D eigenvalue weighted by molar-refractivity contribution is 0.0361. The topological polar surface area (TPSA) is 33.6 Å². The fourth-order valence-corrected chi connectivity index (χ4v) is 0.597. The lowest BCUT2D eigenvalue weighted by Gasteiger charge is -1.98. The largest absolute Gasteiger partial charge is 0.251 e. The Morgan fingerprint density at radius 3 is 2.88 bits per heavy atom. The maximum absolute atomic E-state index is 4.96. The maximum atomic E-state index is 4.96. The Balaban J connectivity index is 2.41. The third-order valence-corrected chi connectivity index (χ3v) is 1.03. The van der Waals surface area contributed by atoms with Gasteiger partial charge in [0.15, 0.2) is 6.23 Å². The molecule has 0 bridgehead atoms. The molecule has 0 spiro atoms. The van der Waals surface area contributed by atoms with Crippen LogP contribution in [0, 0.1) is 0 Å². The van der Waals surface area contributed by atoms with Crippen LogP contribution in [-0.4, -0.2) is 12.1 Å². The van der Waals surface area contributed by atoms with E-state index in [2.05, 4.69) is 10.5 Å². The molecule has 0 aliphatic carbocycles. The number of nitrogens with one attached hydrogen (secondary N) is 1. The zero-order chi connectivity index (χ0) is 5.98. The fourth-order valence-electron chi connectivity index (χ4n) is 0.597. The Bertz CT molecular complexity index is 111. The fraction of sp³-hybridized carbons (Fsp3) is 0.800. The van der Waals surface area contributed by atoms with E-state index in [1.807, 2.05) is 13.8 Å². The lowest BCUT2D eigenvalue weighted by Crippen LogP contribution is -2.14. The predicted molar refractivity (Wildman–Crippen MR) is 31.4 cm³/mol. The van der Waals surface area contributed by atoms with Crippen molar-refractivity contribution in [3.63, 3.8) is 0 Å². The van der Waals surface area contributed by atoms with Gasteiger partial charge in [-0.05, 0) is 13.3 Å². The molecule has 3 nitrogen and oxygen atoms in total. The highest BCUT2D eigenvalue weighted by Crippen LogP contribution is 2.02. The van der Waals surface area contributed by atoms with Crippen molar-refractivity contribution >= 4 is 5.84 Å². The van der Waals surface area contributed by atoms with E-state index in [0.29, 0.717) is 0 Å². The van der Waals surface area contributed by atoms with Crippen LogP contribution in [0.2, 0.25) is 0 Å². The Hall–Kier alpha value is -0.570. The summed E-state index contributed by atoms with van der Waals surface area (Å²) in [6.07, 6.45) is 0.986. The second-order valence-corrected chi connectivity index (χ2v) is 1.80. The van der Waals surface area contributed by atoms with E-state index in [-0.39, 0.29) is 6.23 Å². The Kier molecular flexibility index (Phi) is 1.48. The molecule has 1 aliphatic heterocycles. The van der Waals surface area contributed by atoms with Gasteiger partial charge in [-0.1, -0.05) is 6.92 Å². The smallest absolute Gasteiger partial charge is 0.176 e. The van der Waals surface area contributed by atoms with Crippen molar-refractivity contribution in [2.45, 2.75) is 26.5 Å². The second-order valence-electron chi connectivity index (χ2n) is 1.80. The number of aliphatic imine (C=N–C) groups is 1. The first kappa shape index (κ1) is 5.56. The van der Waals surface area contributed by atoms with Gasteiger partial charge in [0.25, 0.3) is 0 Å². The van der Waals surface area contributed by atoms with Crippen LogP contribution in [0.5, 0.6) is 0 Å². The molecular weight excluding hydrogens is 104 g/mol. The van der Waals surface area contributed by atoms with Gasteiger partial charge in [-0.2, -0.15) is 0 Å². The van der Waals surface area contributed by atoms with Crippen LogP contribution in [0.25, 0.3) is 0 Å². The monoisotopic (exact) mass is 114 g/mol. The predicted octanol–water partition coefficient (Wildman–Crippen LogP) is 0.676. The number of rotatable bonds is 1. The van der Waals surface area contributed by atoms with Crippen LogP contribution >= 0.6 is 0 Å². The number of hydrogen-bond donors (Lipinski definition) is 1. The van der Waals surface area contributed by atoms with Crippen LogP contribution in [0.15, 0.2) is 4.99 Å².